The molecule has 0 aliphatic heterocycles. The standard InChI is InChI=1S/C6H4BClF2O3/c8-3-1-4(9)5(10)2-6(3)13-7(11)12/h1-2,11-12H. The molecule has 0 radical (unpaired) electrons. The van der Waals surface area contributed by atoms with Crippen molar-refractivity contribution in [2.75, 3.05) is 0 Å². The fraction of sp³-hybridized carbons (Fsp3) is 0. The normalized spacial score (nSPS) is 9.92. The maximum absolute atomic E-state index is 12.5. The van der Waals surface area contributed by atoms with Crippen LogP contribution in [0.5, 0.6) is 5.75 Å². The smallest absolute Gasteiger partial charge is 0.511 e. The fourth-order valence-electron chi connectivity index (χ4n) is 0.708. The average Bonchev–Trinajstić information content (AvgIpc) is 1.99. The van der Waals surface area contributed by atoms with Gasteiger partial charge in [-0.1, -0.05) is 11.6 Å². The second kappa shape index (κ2) is 3.91. The molecule has 3 nitrogen and oxygen atoms in total. The third-order valence-electron chi connectivity index (χ3n) is 1.21. The molecular formula is C6H4BClF2O3. The molecule has 70 valence electrons. The summed E-state index contributed by atoms with van der Waals surface area (Å²) in [6.07, 6.45) is 0. The van der Waals surface area contributed by atoms with Crippen LogP contribution in [-0.4, -0.2) is 17.4 Å². The van der Waals surface area contributed by atoms with Gasteiger partial charge in [-0.15, -0.1) is 0 Å². The Morgan fingerprint density at radius 2 is 1.77 bits per heavy atom. The summed E-state index contributed by atoms with van der Waals surface area (Å²) in [5.41, 5.74) is 0. The molecule has 0 atom stereocenters. The predicted molar refractivity (Wildman–Crippen MR) is 42.2 cm³/mol. The van der Waals surface area contributed by atoms with Crippen molar-refractivity contribution in [1.82, 2.24) is 0 Å². The number of hydrogen-bond donors (Lipinski definition) is 2. The van der Waals surface area contributed by atoms with Gasteiger partial charge in [0.15, 0.2) is 11.6 Å². The minimum absolute atomic E-state index is 0.244. The van der Waals surface area contributed by atoms with Gasteiger partial charge in [-0.25, -0.2) is 8.78 Å². The van der Waals surface area contributed by atoms with E-state index < -0.39 is 19.0 Å². The summed E-state index contributed by atoms with van der Waals surface area (Å²) in [5, 5.41) is 16.5. The van der Waals surface area contributed by atoms with E-state index in [-0.39, 0.29) is 10.8 Å². The monoisotopic (exact) mass is 208 g/mol. The molecule has 0 bridgehead atoms. The van der Waals surface area contributed by atoms with Gasteiger partial charge < -0.3 is 14.7 Å². The minimum Gasteiger partial charge on any atom is -0.511 e. The molecule has 2 N–H and O–H groups in total. The molecular weight excluding hydrogens is 204 g/mol. The maximum atomic E-state index is 12.5. The van der Waals surface area contributed by atoms with E-state index in [0.717, 1.165) is 0 Å². The van der Waals surface area contributed by atoms with Crippen molar-refractivity contribution in [1.29, 1.82) is 0 Å². The molecule has 0 saturated carbocycles. The van der Waals surface area contributed by atoms with E-state index in [9.17, 15) is 8.78 Å². The van der Waals surface area contributed by atoms with Gasteiger partial charge in [-0.05, 0) is 6.07 Å². The first kappa shape index (κ1) is 10.2. The molecule has 0 amide bonds. The van der Waals surface area contributed by atoms with Gasteiger partial charge in [0.1, 0.15) is 5.75 Å². The molecule has 0 aromatic heterocycles. The van der Waals surface area contributed by atoms with Crippen LogP contribution in [0.15, 0.2) is 12.1 Å². The number of benzene rings is 1. The van der Waals surface area contributed by atoms with Crippen molar-refractivity contribution in [3.63, 3.8) is 0 Å². The van der Waals surface area contributed by atoms with E-state index in [0.29, 0.717) is 12.1 Å². The van der Waals surface area contributed by atoms with E-state index in [1.165, 1.54) is 0 Å². The largest absolute Gasteiger partial charge is 0.707 e. The zero-order valence-electron chi connectivity index (χ0n) is 6.17. The molecule has 1 aromatic carbocycles. The Hall–Kier alpha value is -0.845. The van der Waals surface area contributed by atoms with Crippen LogP contribution in [0.1, 0.15) is 0 Å². The van der Waals surface area contributed by atoms with Crippen molar-refractivity contribution in [2.24, 2.45) is 0 Å². The van der Waals surface area contributed by atoms with E-state index in [2.05, 4.69) is 4.65 Å². The van der Waals surface area contributed by atoms with Crippen LogP contribution in [0.4, 0.5) is 8.78 Å². The van der Waals surface area contributed by atoms with Gasteiger partial charge in [0.2, 0.25) is 0 Å². The van der Waals surface area contributed by atoms with Crippen LogP contribution in [0.2, 0.25) is 5.02 Å². The van der Waals surface area contributed by atoms with Crippen molar-refractivity contribution in [3.05, 3.63) is 28.8 Å². The molecule has 1 aromatic rings. The van der Waals surface area contributed by atoms with Gasteiger partial charge in [-0.3, -0.25) is 0 Å². The number of hydrogen-bond acceptors (Lipinski definition) is 3. The summed E-state index contributed by atoms with van der Waals surface area (Å²) >= 11 is 5.39. The highest BCUT2D eigenvalue weighted by atomic mass is 35.5. The fourth-order valence-corrected chi connectivity index (χ4v) is 0.903. The van der Waals surface area contributed by atoms with Crippen LogP contribution in [0, 0.1) is 11.6 Å². The molecule has 0 fully saturated rings. The van der Waals surface area contributed by atoms with Gasteiger partial charge >= 0.3 is 7.32 Å². The molecule has 0 unspecified atom stereocenters. The van der Waals surface area contributed by atoms with E-state index in [4.69, 9.17) is 21.6 Å². The second-order valence-corrected chi connectivity index (χ2v) is 2.55. The molecule has 0 heterocycles. The number of halogens is 3. The lowest BCUT2D eigenvalue weighted by Gasteiger charge is -2.06. The minimum atomic E-state index is -2.12. The lowest BCUT2D eigenvalue weighted by Crippen LogP contribution is -2.20. The molecule has 1 rings (SSSR count). The van der Waals surface area contributed by atoms with Crippen LogP contribution in [-0.2, 0) is 0 Å². The Kier molecular flexibility index (Phi) is 3.08. The Morgan fingerprint density at radius 3 is 2.31 bits per heavy atom. The Labute approximate surface area is 77.7 Å². The first-order valence-corrected chi connectivity index (χ1v) is 3.56. The lowest BCUT2D eigenvalue weighted by molar-refractivity contribution is 0.287. The van der Waals surface area contributed by atoms with Crippen molar-refractivity contribution in [2.45, 2.75) is 0 Å². The molecule has 0 aliphatic rings. The Balaban J connectivity index is 3.01. The van der Waals surface area contributed by atoms with Crippen molar-refractivity contribution >= 4 is 18.9 Å². The van der Waals surface area contributed by atoms with E-state index in [1.807, 2.05) is 0 Å². The molecule has 13 heavy (non-hydrogen) atoms. The maximum Gasteiger partial charge on any atom is 0.707 e. The summed E-state index contributed by atoms with van der Waals surface area (Å²) in [6, 6.07) is 1.30. The molecule has 0 spiro atoms. The highest BCUT2D eigenvalue weighted by Gasteiger charge is 2.16. The zero-order chi connectivity index (χ0) is 10.0. The zero-order valence-corrected chi connectivity index (χ0v) is 6.92. The van der Waals surface area contributed by atoms with Crippen molar-refractivity contribution in [3.8, 4) is 5.75 Å². The Morgan fingerprint density at radius 1 is 1.23 bits per heavy atom. The van der Waals surface area contributed by atoms with Crippen LogP contribution < -0.4 is 4.65 Å². The van der Waals surface area contributed by atoms with Crippen LogP contribution in [0.3, 0.4) is 0 Å². The first-order valence-electron chi connectivity index (χ1n) is 3.18. The molecule has 0 aliphatic carbocycles. The van der Waals surface area contributed by atoms with E-state index >= 15 is 0 Å². The lowest BCUT2D eigenvalue weighted by atomic mass is 10.2. The van der Waals surface area contributed by atoms with E-state index in [1.54, 1.807) is 0 Å². The molecule has 0 saturated heterocycles. The van der Waals surface area contributed by atoms with Gasteiger partial charge in [0, 0.05) is 6.07 Å². The van der Waals surface area contributed by atoms with Crippen molar-refractivity contribution < 1.29 is 23.5 Å². The predicted octanol–water partition coefficient (Wildman–Crippen LogP) is 0.966. The van der Waals surface area contributed by atoms with Crippen LogP contribution >= 0.6 is 11.6 Å². The van der Waals surface area contributed by atoms with Gasteiger partial charge in [0.25, 0.3) is 0 Å². The SMILES string of the molecule is OB(O)Oc1cc(F)c(F)cc1Cl. The van der Waals surface area contributed by atoms with Gasteiger partial charge in [0.05, 0.1) is 5.02 Å². The summed E-state index contributed by atoms with van der Waals surface area (Å²) < 4.78 is 29.2. The second-order valence-electron chi connectivity index (χ2n) is 2.14. The quantitative estimate of drug-likeness (QED) is 0.562. The van der Waals surface area contributed by atoms with Crippen LogP contribution in [0.25, 0.3) is 0 Å². The summed E-state index contributed by atoms with van der Waals surface area (Å²) in [5.74, 6) is -2.65. The molecule has 7 heteroatoms. The average molecular weight is 208 g/mol. The summed E-state index contributed by atoms with van der Waals surface area (Å²) in [6.45, 7) is 0. The Bertz CT molecular complexity index is 321. The van der Waals surface area contributed by atoms with Gasteiger partial charge in [-0.2, -0.15) is 0 Å². The topological polar surface area (TPSA) is 49.7 Å². The highest BCUT2D eigenvalue weighted by molar-refractivity contribution is 6.36. The third-order valence-corrected chi connectivity index (χ3v) is 1.50. The summed E-state index contributed by atoms with van der Waals surface area (Å²) in [4.78, 5) is 0. The summed E-state index contributed by atoms with van der Waals surface area (Å²) in [7, 11) is -2.12. The first-order chi connectivity index (χ1) is 6.00. The highest BCUT2D eigenvalue weighted by Crippen LogP contribution is 2.26. The number of rotatable bonds is 2. The third kappa shape index (κ3) is 2.55.